The molecule has 1 aromatic carbocycles. The number of benzene rings is 1. The van der Waals surface area contributed by atoms with Crippen LogP contribution in [-0.4, -0.2) is 30.3 Å². The van der Waals surface area contributed by atoms with Crippen LogP contribution in [-0.2, 0) is 4.79 Å². The third-order valence-corrected chi connectivity index (χ3v) is 3.15. The SMILES string of the molecule is CC(C)C(O)CC(=O)NCCOc1cccc(Br)c1. The summed E-state index contributed by atoms with van der Waals surface area (Å²) in [6, 6.07) is 7.53. The molecule has 106 valence electrons. The first-order chi connectivity index (χ1) is 8.99. The maximum atomic E-state index is 11.5. The molecule has 0 aliphatic carbocycles. The van der Waals surface area contributed by atoms with E-state index in [1.165, 1.54) is 0 Å². The Bertz CT molecular complexity index is 409. The van der Waals surface area contributed by atoms with Crippen LogP contribution in [0.1, 0.15) is 20.3 Å². The van der Waals surface area contributed by atoms with Crippen molar-refractivity contribution in [3.8, 4) is 5.75 Å². The second-order valence-electron chi connectivity index (χ2n) is 4.67. The second kappa shape index (κ2) is 8.17. The number of amides is 1. The van der Waals surface area contributed by atoms with Crippen molar-refractivity contribution in [3.05, 3.63) is 28.7 Å². The van der Waals surface area contributed by atoms with E-state index in [2.05, 4.69) is 21.2 Å². The molecule has 19 heavy (non-hydrogen) atoms. The van der Waals surface area contributed by atoms with Gasteiger partial charge in [-0.15, -0.1) is 0 Å². The Balaban J connectivity index is 2.19. The first-order valence-corrected chi connectivity index (χ1v) is 7.11. The average molecular weight is 330 g/mol. The highest BCUT2D eigenvalue weighted by Crippen LogP contribution is 2.17. The van der Waals surface area contributed by atoms with Gasteiger partial charge < -0.3 is 15.2 Å². The maximum absolute atomic E-state index is 11.5. The van der Waals surface area contributed by atoms with Crippen LogP contribution in [0.5, 0.6) is 5.75 Å². The molecule has 0 bridgehead atoms. The lowest BCUT2D eigenvalue weighted by molar-refractivity contribution is -0.123. The molecule has 0 spiro atoms. The molecule has 0 aromatic heterocycles. The molecule has 1 aromatic rings. The number of carbonyl (C=O) groups excluding carboxylic acids is 1. The monoisotopic (exact) mass is 329 g/mol. The predicted octanol–water partition coefficient (Wildman–Crippen LogP) is 2.35. The van der Waals surface area contributed by atoms with E-state index < -0.39 is 6.10 Å². The van der Waals surface area contributed by atoms with Gasteiger partial charge in [0.05, 0.1) is 19.1 Å². The minimum absolute atomic E-state index is 0.0867. The summed E-state index contributed by atoms with van der Waals surface area (Å²) >= 11 is 3.36. The van der Waals surface area contributed by atoms with Crippen LogP contribution in [0.25, 0.3) is 0 Å². The number of aliphatic hydroxyl groups excluding tert-OH is 1. The zero-order chi connectivity index (χ0) is 14.3. The number of ether oxygens (including phenoxy) is 1. The van der Waals surface area contributed by atoms with Crippen LogP contribution >= 0.6 is 15.9 Å². The Kier molecular flexibility index (Phi) is 6.87. The maximum Gasteiger partial charge on any atom is 0.222 e. The molecular formula is C14H20BrNO3. The quantitative estimate of drug-likeness (QED) is 0.755. The zero-order valence-corrected chi connectivity index (χ0v) is 12.8. The van der Waals surface area contributed by atoms with Crippen molar-refractivity contribution in [2.75, 3.05) is 13.2 Å². The van der Waals surface area contributed by atoms with E-state index in [9.17, 15) is 9.90 Å². The molecule has 0 radical (unpaired) electrons. The molecule has 1 rings (SSSR count). The van der Waals surface area contributed by atoms with Gasteiger partial charge in [-0.05, 0) is 24.1 Å². The second-order valence-corrected chi connectivity index (χ2v) is 5.59. The molecule has 0 aliphatic rings. The number of rotatable bonds is 7. The number of nitrogens with one attached hydrogen (secondary N) is 1. The van der Waals surface area contributed by atoms with Crippen LogP contribution in [0.3, 0.4) is 0 Å². The van der Waals surface area contributed by atoms with Crippen molar-refractivity contribution in [3.63, 3.8) is 0 Å². The summed E-state index contributed by atoms with van der Waals surface area (Å²) in [5, 5.41) is 12.3. The van der Waals surface area contributed by atoms with E-state index in [1.54, 1.807) is 0 Å². The van der Waals surface area contributed by atoms with Gasteiger partial charge >= 0.3 is 0 Å². The molecule has 4 nitrogen and oxygen atoms in total. The van der Waals surface area contributed by atoms with Gasteiger partial charge in [-0.3, -0.25) is 4.79 Å². The summed E-state index contributed by atoms with van der Waals surface area (Å²) in [5.74, 6) is 0.688. The third-order valence-electron chi connectivity index (χ3n) is 2.65. The van der Waals surface area contributed by atoms with E-state index in [4.69, 9.17) is 4.74 Å². The lowest BCUT2D eigenvalue weighted by Gasteiger charge is -2.14. The van der Waals surface area contributed by atoms with Crippen LogP contribution in [0.4, 0.5) is 0 Å². The molecular weight excluding hydrogens is 310 g/mol. The Labute approximate surface area is 122 Å². The van der Waals surface area contributed by atoms with Gasteiger partial charge in [0.1, 0.15) is 12.4 Å². The molecule has 5 heteroatoms. The highest BCUT2D eigenvalue weighted by atomic mass is 79.9. The summed E-state index contributed by atoms with van der Waals surface area (Å²) in [4.78, 5) is 11.5. The van der Waals surface area contributed by atoms with Gasteiger partial charge in [-0.25, -0.2) is 0 Å². The van der Waals surface area contributed by atoms with Crippen LogP contribution < -0.4 is 10.1 Å². The fourth-order valence-electron chi connectivity index (χ4n) is 1.41. The lowest BCUT2D eigenvalue weighted by atomic mass is 10.0. The summed E-state index contributed by atoms with van der Waals surface area (Å²) in [5.41, 5.74) is 0. The normalized spacial score (nSPS) is 12.3. The lowest BCUT2D eigenvalue weighted by Crippen LogP contribution is -2.32. The fourth-order valence-corrected chi connectivity index (χ4v) is 1.79. The van der Waals surface area contributed by atoms with Crippen LogP contribution in [0.2, 0.25) is 0 Å². The Hall–Kier alpha value is -1.07. The molecule has 0 fully saturated rings. The van der Waals surface area contributed by atoms with E-state index in [-0.39, 0.29) is 18.2 Å². The van der Waals surface area contributed by atoms with Gasteiger partial charge in [0, 0.05) is 4.47 Å². The molecule has 0 aliphatic heterocycles. The van der Waals surface area contributed by atoms with E-state index >= 15 is 0 Å². The minimum atomic E-state index is -0.592. The van der Waals surface area contributed by atoms with Gasteiger partial charge in [0.2, 0.25) is 5.91 Å². The number of aliphatic hydroxyl groups is 1. The summed E-state index contributed by atoms with van der Waals surface area (Å²) in [7, 11) is 0. The van der Waals surface area contributed by atoms with Gasteiger partial charge in [0.15, 0.2) is 0 Å². The molecule has 0 saturated carbocycles. The fraction of sp³-hybridized carbons (Fsp3) is 0.500. The van der Waals surface area contributed by atoms with Gasteiger partial charge in [-0.1, -0.05) is 35.8 Å². The molecule has 1 amide bonds. The van der Waals surface area contributed by atoms with Crippen molar-refractivity contribution >= 4 is 21.8 Å². The molecule has 2 N–H and O–H groups in total. The highest BCUT2D eigenvalue weighted by Gasteiger charge is 2.13. The van der Waals surface area contributed by atoms with Crippen molar-refractivity contribution in [2.24, 2.45) is 5.92 Å². The van der Waals surface area contributed by atoms with E-state index in [0.717, 1.165) is 10.2 Å². The third kappa shape index (κ3) is 6.59. The summed E-state index contributed by atoms with van der Waals surface area (Å²) < 4.78 is 6.44. The smallest absolute Gasteiger partial charge is 0.222 e. The van der Waals surface area contributed by atoms with Crippen LogP contribution in [0, 0.1) is 5.92 Å². The average Bonchev–Trinajstić information content (AvgIpc) is 2.34. The topological polar surface area (TPSA) is 58.6 Å². The first-order valence-electron chi connectivity index (χ1n) is 6.32. The molecule has 0 heterocycles. The van der Waals surface area contributed by atoms with Crippen molar-refractivity contribution < 1.29 is 14.6 Å². The van der Waals surface area contributed by atoms with Gasteiger partial charge in [-0.2, -0.15) is 0 Å². The number of hydrogen-bond donors (Lipinski definition) is 2. The number of halogens is 1. The zero-order valence-electron chi connectivity index (χ0n) is 11.2. The molecule has 1 unspecified atom stereocenters. The van der Waals surface area contributed by atoms with Crippen molar-refractivity contribution in [2.45, 2.75) is 26.4 Å². The Morgan fingerprint density at radius 3 is 2.84 bits per heavy atom. The predicted molar refractivity (Wildman–Crippen MR) is 78.1 cm³/mol. The minimum Gasteiger partial charge on any atom is -0.492 e. The summed E-state index contributed by atoms with van der Waals surface area (Å²) in [6.45, 7) is 4.60. The van der Waals surface area contributed by atoms with Crippen molar-refractivity contribution in [1.82, 2.24) is 5.32 Å². The molecule has 1 atom stereocenters. The van der Waals surface area contributed by atoms with E-state index in [1.807, 2.05) is 38.1 Å². The number of hydrogen-bond acceptors (Lipinski definition) is 3. The summed E-state index contributed by atoms with van der Waals surface area (Å²) in [6.07, 6.45) is -0.458. The largest absolute Gasteiger partial charge is 0.492 e. The highest BCUT2D eigenvalue weighted by molar-refractivity contribution is 9.10. The van der Waals surface area contributed by atoms with Crippen molar-refractivity contribution in [1.29, 1.82) is 0 Å². The Morgan fingerprint density at radius 1 is 1.47 bits per heavy atom. The number of carbonyl (C=O) groups is 1. The van der Waals surface area contributed by atoms with E-state index in [0.29, 0.717) is 13.2 Å². The first kappa shape index (κ1) is 16.0. The standard InChI is InChI=1S/C14H20BrNO3/c1-10(2)13(17)9-14(18)16-6-7-19-12-5-3-4-11(15)8-12/h3-5,8,10,13,17H,6-7,9H2,1-2H3,(H,16,18). The van der Waals surface area contributed by atoms with Gasteiger partial charge in [0.25, 0.3) is 0 Å². The van der Waals surface area contributed by atoms with Crippen LogP contribution in [0.15, 0.2) is 28.7 Å². The Morgan fingerprint density at radius 2 is 2.21 bits per heavy atom. The molecule has 0 saturated heterocycles.